The summed E-state index contributed by atoms with van der Waals surface area (Å²) in [6.07, 6.45) is 14.0. The third-order valence-corrected chi connectivity index (χ3v) is 10.1. The number of unbranched alkanes of at least 4 members (excludes halogenated alkanes) is 17. The summed E-state index contributed by atoms with van der Waals surface area (Å²) in [5, 5.41) is 32.7. The number of hydrogen-bond acceptors (Lipinski definition) is 9. The molecular weight excluding hydrogens is 662 g/mol. The Morgan fingerprint density at radius 2 is 1.27 bits per heavy atom. The summed E-state index contributed by atoms with van der Waals surface area (Å²) in [7, 11) is 0. The van der Waals surface area contributed by atoms with Gasteiger partial charge in [-0.05, 0) is 25.3 Å². The number of nitrogens with zero attached hydrogens (tertiary/aromatic N) is 2. The standard InChI is InChI=1S/C41H71N3O8/c1-4-6-8-10-12-14-16-18-20-25-29-43(35(46)28-24-19-17-15-13-11-9-7-5-2)40-36(38(48)37(47)34(30-45)52-40)44(39(49)32(3)42)41(50)51-31-33-26-22-21-23-27-33/h21-23,26-27,32,34,36-38,40,45,47-48H,4-20,24-25,28-31,42H2,1-3H3/t32-,34-,36-,37-,38-,40-/m1/s1. The first-order valence-electron chi connectivity index (χ1n) is 20.4. The van der Waals surface area contributed by atoms with Crippen LogP contribution in [0.3, 0.4) is 0 Å². The summed E-state index contributed by atoms with van der Waals surface area (Å²) in [6, 6.07) is 6.24. The molecule has 1 aliphatic rings. The molecule has 0 bridgehead atoms. The highest BCUT2D eigenvalue weighted by atomic mass is 16.6. The number of nitrogens with two attached hydrogens (primary N) is 1. The van der Waals surface area contributed by atoms with Gasteiger partial charge in [0.25, 0.3) is 0 Å². The fraction of sp³-hybridized carbons (Fsp3) is 0.780. The van der Waals surface area contributed by atoms with Crippen molar-refractivity contribution < 1.29 is 39.2 Å². The molecule has 3 amide bonds. The molecule has 6 atom stereocenters. The lowest BCUT2D eigenvalue weighted by Crippen LogP contribution is -2.71. The highest BCUT2D eigenvalue weighted by molar-refractivity contribution is 5.95. The van der Waals surface area contributed by atoms with Gasteiger partial charge in [0.2, 0.25) is 11.8 Å². The van der Waals surface area contributed by atoms with Crippen LogP contribution in [0.25, 0.3) is 0 Å². The zero-order valence-corrected chi connectivity index (χ0v) is 32.5. The van der Waals surface area contributed by atoms with E-state index in [-0.39, 0.29) is 25.5 Å². The van der Waals surface area contributed by atoms with Gasteiger partial charge in [-0.25, -0.2) is 9.69 Å². The maximum Gasteiger partial charge on any atom is 0.417 e. The molecule has 11 nitrogen and oxygen atoms in total. The number of aliphatic hydroxyl groups is 3. The minimum absolute atomic E-state index is 0.154. The fourth-order valence-electron chi connectivity index (χ4n) is 6.88. The third kappa shape index (κ3) is 16.2. The molecule has 1 aromatic carbocycles. The number of carbonyl (C=O) groups excluding carboxylic acids is 3. The van der Waals surface area contributed by atoms with Crippen molar-refractivity contribution in [2.75, 3.05) is 13.2 Å². The molecule has 1 heterocycles. The van der Waals surface area contributed by atoms with Gasteiger partial charge < -0.3 is 35.4 Å². The number of amides is 3. The molecule has 5 N–H and O–H groups in total. The number of ether oxygens (including phenoxy) is 2. The summed E-state index contributed by atoms with van der Waals surface area (Å²) in [4.78, 5) is 43.6. The van der Waals surface area contributed by atoms with Crippen LogP contribution < -0.4 is 5.73 Å². The second-order valence-electron chi connectivity index (χ2n) is 14.6. The topological polar surface area (TPSA) is 163 Å². The summed E-state index contributed by atoms with van der Waals surface area (Å²) >= 11 is 0. The van der Waals surface area contributed by atoms with Crippen LogP contribution in [0.4, 0.5) is 4.79 Å². The summed E-state index contributed by atoms with van der Waals surface area (Å²) < 4.78 is 11.7. The Kier molecular flexibility index (Phi) is 23.7. The highest BCUT2D eigenvalue weighted by Crippen LogP contribution is 2.30. The average Bonchev–Trinajstić information content (AvgIpc) is 3.14. The molecule has 2 rings (SSSR count). The van der Waals surface area contributed by atoms with Gasteiger partial charge in [0.05, 0.1) is 12.6 Å². The van der Waals surface area contributed by atoms with Crippen LogP contribution in [0.5, 0.6) is 0 Å². The smallest absolute Gasteiger partial charge is 0.417 e. The van der Waals surface area contributed by atoms with E-state index < -0.39 is 55.2 Å². The van der Waals surface area contributed by atoms with Crippen molar-refractivity contribution in [2.45, 2.75) is 192 Å². The van der Waals surface area contributed by atoms with Gasteiger partial charge in [0.15, 0.2) is 6.23 Å². The van der Waals surface area contributed by atoms with E-state index in [1.807, 2.05) is 6.07 Å². The molecule has 1 aliphatic heterocycles. The zero-order valence-electron chi connectivity index (χ0n) is 32.5. The Bertz CT molecular complexity index is 1110. The maximum absolute atomic E-state index is 14.1. The molecule has 1 fully saturated rings. The van der Waals surface area contributed by atoms with Crippen molar-refractivity contribution in [1.82, 2.24) is 9.80 Å². The lowest BCUT2D eigenvalue weighted by Gasteiger charge is -2.49. The molecule has 11 heteroatoms. The SMILES string of the molecule is CCCCCCCCCCCCN(C(=O)CCCCCCCCCCC)[C@@H]1O[C@H](CO)[C@@H](O)[C@H](O)[C@H]1N(C(=O)OCc1ccccc1)C(=O)[C@@H](C)N. The van der Waals surface area contributed by atoms with Crippen LogP contribution in [0.2, 0.25) is 0 Å². The van der Waals surface area contributed by atoms with Crippen molar-refractivity contribution in [3.8, 4) is 0 Å². The Morgan fingerprint density at radius 1 is 0.769 bits per heavy atom. The monoisotopic (exact) mass is 734 g/mol. The molecule has 0 saturated carbocycles. The highest BCUT2D eigenvalue weighted by Gasteiger charge is 2.53. The summed E-state index contributed by atoms with van der Waals surface area (Å²) in [6.45, 7) is 5.29. The molecule has 52 heavy (non-hydrogen) atoms. The van der Waals surface area contributed by atoms with Crippen molar-refractivity contribution >= 4 is 17.9 Å². The Labute approximate surface area is 313 Å². The lowest BCUT2D eigenvalue weighted by atomic mass is 9.93. The quantitative estimate of drug-likeness (QED) is 0.0699. The van der Waals surface area contributed by atoms with Gasteiger partial charge in [-0.1, -0.05) is 153 Å². The van der Waals surface area contributed by atoms with E-state index in [4.69, 9.17) is 15.2 Å². The second kappa shape index (κ2) is 27.1. The molecule has 1 aromatic rings. The number of aliphatic hydroxyl groups excluding tert-OH is 3. The molecule has 0 unspecified atom stereocenters. The average molecular weight is 734 g/mol. The first-order chi connectivity index (χ1) is 25.2. The van der Waals surface area contributed by atoms with Crippen LogP contribution in [0, 0.1) is 0 Å². The first kappa shape index (κ1) is 45.6. The molecule has 298 valence electrons. The Morgan fingerprint density at radius 3 is 1.77 bits per heavy atom. The van der Waals surface area contributed by atoms with Gasteiger partial charge in [-0.15, -0.1) is 0 Å². The van der Waals surface area contributed by atoms with E-state index in [2.05, 4.69) is 13.8 Å². The Hall–Kier alpha value is -2.57. The molecule has 0 aromatic heterocycles. The first-order valence-corrected chi connectivity index (χ1v) is 20.4. The third-order valence-electron chi connectivity index (χ3n) is 10.1. The van der Waals surface area contributed by atoms with Gasteiger partial charge in [-0.3, -0.25) is 9.59 Å². The van der Waals surface area contributed by atoms with Crippen LogP contribution >= 0.6 is 0 Å². The zero-order chi connectivity index (χ0) is 38.1. The normalized spacial score (nSPS) is 20.7. The van der Waals surface area contributed by atoms with E-state index in [0.717, 1.165) is 38.5 Å². The molecule has 0 radical (unpaired) electrons. The largest absolute Gasteiger partial charge is 0.444 e. The van der Waals surface area contributed by atoms with Crippen molar-refractivity contribution in [3.63, 3.8) is 0 Å². The van der Waals surface area contributed by atoms with E-state index in [1.54, 1.807) is 24.3 Å². The number of rotatable bonds is 27. The van der Waals surface area contributed by atoms with Gasteiger partial charge in [0, 0.05) is 13.0 Å². The molecule has 0 spiro atoms. The van der Waals surface area contributed by atoms with E-state index >= 15 is 0 Å². The minimum Gasteiger partial charge on any atom is -0.444 e. The van der Waals surface area contributed by atoms with E-state index in [9.17, 15) is 29.7 Å². The lowest BCUT2D eigenvalue weighted by molar-refractivity contribution is -0.244. The van der Waals surface area contributed by atoms with Crippen molar-refractivity contribution in [2.24, 2.45) is 5.73 Å². The summed E-state index contributed by atoms with van der Waals surface area (Å²) in [5.41, 5.74) is 6.69. The fourth-order valence-corrected chi connectivity index (χ4v) is 6.88. The van der Waals surface area contributed by atoms with Gasteiger partial charge in [0.1, 0.15) is 31.0 Å². The predicted octanol–water partition coefficient (Wildman–Crippen LogP) is 6.98. The van der Waals surface area contributed by atoms with Crippen molar-refractivity contribution in [3.05, 3.63) is 35.9 Å². The number of hydrogen-bond donors (Lipinski definition) is 4. The van der Waals surface area contributed by atoms with Gasteiger partial charge >= 0.3 is 6.09 Å². The molecule has 1 saturated heterocycles. The Balaban J connectivity index is 2.27. The van der Waals surface area contributed by atoms with Crippen LogP contribution in [0.15, 0.2) is 30.3 Å². The minimum atomic E-state index is -1.75. The van der Waals surface area contributed by atoms with Crippen LogP contribution in [-0.4, -0.2) is 92.8 Å². The molecule has 0 aliphatic carbocycles. The predicted molar refractivity (Wildman–Crippen MR) is 204 cm³/mol. The number of carbonyl (C=O) groups is 3. The number of imide groups is 1. The van der Waals surface area contributed by atoms with E-state index in [0.29, 0.717) is 23.3 Å². The van der Waals surface area contributed by atoms with Crippen molar-refractivity contribution in [1.29, 1.82) is 0 Å². The van der Waals surface area contributed by atoms with E-state index in [1.165, 1.54) is 82.5 Å². The summed E-state index contributed by atoms with van der Waals surface area (Å²) in [5.74, 6) is -1.09. The number of benzene rings is 1. The second-order valence-corrected chi connectivity index (χ2v) is 14.6. The van der Waals surface area contributed by atoms with Crippen LogP contribution in [-0.2, 0) is 25.7 Å². The molecular formula is C41H71N3O8. The van der Waals surface area contributed by atoms with Gasteiger partial charge in [-0.2, -0.15) is 0 Å². The van der Waals surface area contributed by atoms with Crippen LogP contribution in [0.1, 0.15) is 155 Å². The maximum atomic E-state index is 14.1.